The Hall–Kier alpha value is -3.52. The van der Waals surface area contributed by atoms with E-state index in [1.54, 1.807) is 18.2 Å². The molecular formula is C25H18O2. The van der Waals surface area contributed by atoms with E-state index in [1.807, 2.05) is 30.3 Å². The number of hydrogen-bond donors (Lipinski definition) is 2. The highest BCUT2D eigenvalue weighted by atomic mass is 16.3. The van der Waals surface area contributed by atoms with Gasteiger partial charge in [-0.1, -0.05) is 72.8 Å². The van der Waals surface area contributed by atoms with Crippen molar-refractivity contribution in [2.75, 3.05) is 0 Å². The molecule has 2 nitrogen and oxygen atoms in total. The highest BCUT2D eigenvalue weighted by molar-refractivity contribution is 5.89. The van der Waals surface area contributed by atoms with Gasteiger partial charge in [-0.3, -0.25) is 0 Å². The highest BCUT2D eigenvalue weighted by Crippen LogP contribution is 2.52. The van der Waals surface area contributed by atoms with Crippen LogP contribution in [0.4, 0.5) is 0 Å². The predicted octanol–water partition coefficient (Wildman–Crippen LogP) is 5.93. The molecule has 2 N–H and O–H groups in total. The predicted molar refractivity (Wildman–Crippen MR) is 108 cm³/mol. The number of fused-ring (bicyclic) bond motifs is 3. The number of phenols is 2. The lowest BCUT2D eigenvalue weighted by atomic mass is 9.85. The third-order valence-corrected chi connectivity index (χ3v) is 5.38. The lowest BCUT2D eigenvalue weighted by Gasteiger charge is -2.18. The fourth-order valence-electron chi connectivity index (χ4n) is 4.21. The van der Waals surface area contributed by atoms with Gasteiger partial charge >= 0.3 is 0 Å². The van der Waals surface area contributed by atoms with E-state index in [1.165, 1.54) is 22.3 Å². The van der Waals surface area contributed by atoms with Crippen molar-refractivity contribution in [3.05, 3.63) is 108 Å². The van der Waals surface area contributed by atoms with Gasteiger partial charge in [-0.2, -0.15) is 0 Å². The Morgan fingerprint density at radius 3 is 1.85 bits per heavy atom. The van der Waals surface area contributed by atoms with Gasteiger partial charge in [0.2, 0.25) is 0 Å². The Labute approximate surface area is 158 Å². The normalized spacial score (nSPS) is 14.6. The van der Waals surface area contributed by atoms with Gasteiger partial charge in [-0.15, -0.1) is 0 Å². The summed E-state index contributed by atoms with van der Waals surface area (Å²) in [6.45, 7) is 0. The lowest BCUT2D eigenvalue weighted by molar-refractivity contribution is 0.475. The average molecular weight is 350 g/mol. The second-order valence-corrected chi connectivity index (χ2v) is 6.90. The molecule has 0 fully saturated rings. The molecule has 0 amide bonds. The number of rotatable bonds is 2. The average Bonchev–Trinajstić information content (AvgIpc) is 3.04. The molecule has 27 heavy (non-hydrogen) atoms. The van der Waals surface area contributed by atoms with Crippen molar-refractivity contribution in [1.29, 1.82) is 0 Å². The van der Waals surface area contributed by atoms with Crippen LogP contribution in [0.25, 0.3) is 22.3 Å². The van der Waals surface area contributed by atoms with Gasteiger partial charge in [0, 0.05) is 11.5 Å². The SMILES string of the molecule is Oc1ccc(C2c3ccccc3-c3cccc(-c4ccccc4O)c32)cc1. The topological polar surface area (TPSA) is 40.5 Å². The van der Waals surface area contributed by atoms with Crippen LogP contribution in [0.15, 0.2) is 91.0 Å². The Bertz CT molecular complexity index is 1140. The van der Waals surface area contributed by atoms with Crippen molar-refractivity contribution < 1.29 is 10.2 Å². The quantitative estimate of drug-likeness (QED) is 0.414. The molecule has 130 valence electrons. The minimum Gasteiger partial charge on any atom is -0.508 e. The van der Waals surface area contributed by atoms with E-state index in [-0.39, 0.29) is 17.4 Å². The molecule has 0 saturated heterocycles. The van der Waals surface area contributed by atoms with Gasteiger partial charge < -0.3 is 10.2 Å². The fraction of sp³-hybridized carbons (Fsp3) is 0.0400. The van der Waals surface area contributed by atoms with Gasteiger partial charge in [0.25, 0.3) is 0 Å². The molecule has 1 atom stereocenters. The van der Waals surface area contributed by atoms with E-state index in [4.69, 9.17) is 0 Å². The largest absolute Gasteiger partial charge is 0.508 e. The zero-order valence-corrected chi connectivity index (χ0v) is 14.6. The number of aromatic hydroxyl groups is 2. The van der Waals surface area contributed by atoms with Crippen LogP contribution >= 0.6 is 0 Å². The van der Waals surface area contributed by atoms with Crippen molar-refractivity contribution in [3.8, 4) is 33.8 Å². The van der Waals surface area contributed by atoms with E-state index in [2.05, 4.69) is 42.5 Å². The maximum absolute atomic E-state index is 10.5. The van der Waals surface area contributed by atoms with Crippen LogP contribution in [0, 0.1) is 0 Å². The summed E-state index contributed by atoms with van der Waals surface area (Å²) >= 11 is 0. The molecule has 5 rings (SSSR count). The first-order valence-electron chi connectivity index (χ1n) is 9.03. The molecule has 0 saturated carbocycles. The molecule has 0 heterocycles. The van der Waals surface area contributed by atoms with Crippen molar-refractivity contribution in [3.63, 3.8) is 0 Å². The Morgan fingerprint density at radius 2 is 1.11 bits per heavy atom. The van der Waals surface area contributed by atoms with Crippen LogP contribution in [0.5, 0.6) is 11.5 Å². The summed E-state index contributed by atoms with van der Waals surface area (Å²) in [5.74, 6) is 0.609. The fourth-order valence-corrected chi connectivity index (χ4v) is 4.21. The van der Waals surface area contributed by atoms with E-state index in [9.17, 15) is 10.2 Å². The first kappa shape index (κ1) is 15.7. The highest BCUT2D eigenvalue weighted by Gasteiger charge is 2.32. The number of benzene rings is 4. The van der Waals surface area contributed by atoms with Crippen LogP contribution in [0.1, 0.15) is 22.6 Å². The summed E-state index contributed by atoms with van der Waals surface area (Å²) in [5.41, 5.74) is 7.88. The van der Waals surface area contributed by atoms with Gasteiger partial charge in [0.15, 0.2) is 0 Å². The van der Waals surface area contributed by atoms with Crippen LogP contribution in [0.3, 0.4) is 0 Å². The van der Waals surface area contributed by atoms with E-state index < -0.39 is 0 Å². The second-order valence-electron chi connectivity index (χ2n) is 6.90. The third kappa shape index (κ3) is 2.42. The monoisotopic (exact) mass is 350 g/mol. The van der Waals surface area contributed by atoms with Crippen LogP contribution in [-0.2, 0) is 0 Å². The number of hydrogen-bond acceptors (Lipinski definition) is 2. The summed E-state index contributed by atoms with van der Waals surface area (Å²) in [4.78, 5) is 0. The minimum absolute atomic E-state index is 0.0626. The van der Waals surface area contributed by atoms with Crippen LogP contribution in [-0.4, -0.2) is 10.2 Å². The van der Waals surface area contributed by atoms with Crippen LogP contribution in [0.2, 0.25) is 0 Å². The van der Waals surface area contributed by atoms with Crippen molar-refractivity contribution in [2.45, 2.75) is 5.92 Å². The first-order chi connectivity index (χ1) is 13.2. The Balaban J connectivity index is 1.82. The Morgan fingerprint density at radius 1 is 0.519 bits per heavy atom. The number of para-hydroxylation sites is 1. The smallest absolute Gasteiger partial charge is 0.123 e. The molecule has 0 spiro atoms. The maximum Gasteiger partial charge on any atom is 0.123 e. The maximum atomic E-state index is 10.5. The molecule has 1 aliphatic rings. The summed E-state index contributed by atoms with van der Waals surface area (Å²) in [7, 11) is 0. The summed E-state index contributed by atoms with van der Waals surface area (Å²) in [6.07, 6.45) is 0. The lowest BCUT2D eigenvalue weighted by Crippen LogP contribution is -2.01. The summed E-state index contributed by atoms with van der Waals surface area (Å²) in [6, 6.07) is 29.6. The molecule has 0 aliphatic heterocycles. The number of phenolic OH excluding ortho intramolecular Hbond substituents is 2. The molecule has 4 aromatic carbocycles. The molecular weight excluding hydrogens is 332 g/mol. The summed E-state index contributed by atoms with van der Waals surface area (Å²) in [5, 5.41) is 20.2. The van der Waals surface area contributed by atoms with Gasteiger partial charge in [-0.25, -0.2) is 0 Å². The van der Waals surface area contributed by atoms with E-state index >= 15 is 0 Å². The second kappa shape index (κ2) is 6.03. The zero-order valence-electron chi connectivity index (χ0n) is 14.6. The molecule has 0 aromatic heterocycles. The Kier molecular flexibility index (Phi) is 3.51. The minimum atomic E-state index is 0.0626. The van der Waals surface area contributed by atoms with Gasteiger partial charge in [0.1, 0.15) is 11.5 Å². The van der Waals surface area contributed by atoms with Crippen molar-refractivity contribution in [1.82, 2.24) is 0 Å². The van der Waals surface area contributed by atoms with Crippen molar-refractivity contribution in [2.24, 2.45) is 0 Å². The van der Waals surface area contributed by atoms with Crippen LogP contribution < -0.4 is 0 Å². The molecule has 0 bridgehead atoms. The molecule has 1 unspecified atom stereocenters. The molecule has 4 aromatic rings. The summed E-state index contributed by atoms with van der Waals surface area (Å²) < 4.78 is 0. The standard InChI is InChI=1S/C25H18O2/c26-17-14-12-16(13-15-17)24-20-8-2-1-6-18(20)21-9-5-10-22(25(21)24)19-7-3-4-11-23(19)27/h1-15,24,26-27H. The van der Waals surface area contributed by atoms with Crippen molar-refractivity contribution >= 4 is 0 Å². The molecule has 2 heteroatoms. The van der Waals surface area contributed by atoms with Gasteiger partial charge in [-0.05, 0) is 51.6 Å². The van der Waals surface area contributed by atoms with E-state index in [0.717, 1.165) is 16.7 Å². The first-order valence-corrected chi connectivity index (χ1v) is 9.03. The molecule has 0 radical (unpaired) electrons. The zero-order chi connectivity index (χ0) is 18.4. The van der Waals surface area contributed by atoms with Gasteiger partial charge in [0.05, 0.1) is 0 Å². The molecule has 1 aliphatic carbocycles. The third-order valence-electron chi connectivity index (χ3n) is 5.38. The van der Waals surface area contributed by atoms with E-state index in [0.29, 0.717) is 0 Å².